The van der Waals surface area contributed by atoms with Crippen molar-refractivity contribution in [2.24, 2.45) is 4.99 Å². The number of unbranched alkanes of at least 4 members (excludes halogenated alkanes) is 2. The van der Waals surface area contributed by atoms with Crippen LogP contribution in [-0.2, 0) is 0 Å². The first kappa shape index (κ1) is 27.0. The Morgan fingerprint density at radius 1 is 1.31 bits per heavy atom. The van der Waals surface area contributed by atoms with Gasteiger partial charge in [0.15, 0.2) is 0 Å². The third-order valence-electron chi connectivity index (χ3n) is 6.90. The van der Waals surface area contributed by atoms with Crippen LogP contribution in [0, 0.1) is 0 Å². The second-order valence-corrected chi connectivity index (χ2v) is 10.0. The molecule has 1 N–H and O–H groups in total. The lowest BCUT2D eigenvalue weighted by Gasteiger charge is -2.33. The number of dihydropyridines is 1. The van der Waals surface area contributed by atoms with Gasteiger partial charge in [-0.3, -0.25) is 9.89 Å². The molecule has 182 valence electrons. The molecule has 2 aliphatic heterocycles. The van der Waals surface area contributed by atoms with Crippen LogP contribution in [0.3, 0.4) is 0 Å². The summed E-state index contributed by atoms with van der Waals surface area (Å²) >= 11 is 0. The van der Waals surface area contributed by atoms with Crippen molar-refractivity contribution in [3.8, 4) is 0 Å². The minimum Gasteiger partial charge on any atom is -0.310 e. The number of aliphatic imine (C=N–C) groups is 1. The molecule has 0 aliphatic carbocycles. The smallest absolute Gasteiger partial charge is 0.0872 e. The van der Waals surface area contributed by atoms with Crippen LogP contribution in [0.1, 0.15) is 73.1 Å². The highest BCUT2D eigenvalue weighted by Crippen LogP contribution is 2.34. The van der Waals surface area contributed by atoms with Crippen molar-refractivity contribution in [3.05, 3.63) is 36.5 Å². The highest BCUT2D eigenvalue weighted by molar-refractivity contribution is 5.80. The summed E-state index contributed by atoms with van der Waals surface area (Å²) in [6.07, 6.45) is 13.8. The second-order valence-electron chi connectivity index (χ2n) is 10.0. The van der Waals surface area contributed by atoms with Crippen LogP contribution in [0.2, 0.25) is 0 Å². The average Bonchev–Trinajstić information content (AvgIpc) is 3.45. The van der Waals surface area contributed by atoms with Gasteiger partial charge in [-0.25, -0.2) is 10.0 Å². The molecule has 1 saturated heterocycles. The number of hydrazine groups is 1. The molecule has 5 nitrogen and oxygen atoms in total. The molecule has 5 heteroatoms. The van der Waals surface area contributed by atoms with Gasteiger partial charge in [-0.1, -0.05) is 24.3 Å². The second kappa shape index (κ2) is 13.4. The van der Waals surface area contributed by atoms with Crippen molar-refractivity contribution in [2.75, 3.05) is 26.7 Å². The van der Waals surface area contributed by atoms with Crippen molar-refractivity contribution < 1.29 is 0 Å². The van der Waals surface area contributed by atoms with Crippen LogP contribution < -0.4 is 5.32 Å². The summed E-state index contributed by atoms with van der Waals surface area (Å²) in [4.78, 5) is 7.05. The van der Waals surface area contributed by atoms with Gasteiger partial charge in [0.2, 0.25) is 0 Å². The highest BCUT2D eigenvalue weighted by Gasteiger charge is 2.46. The van der Waals surface area contributed by atoms with E-state index in [0.29, 0.717) is 30.3 Å². The Kier molecular flexibility index (Phi) is 11.3. The maximum atomic E-state index is 4.54. The molecule has 0 saturated carbocycles. The monoisotopic (exact) mass is 443 g/mol. The first-order valence-corrected chi connectivity index (χ1v) is 12.7. The molecule has 0 bridgehead atoms. The summed E-state index contributed by atoms with van der Waals surface area (Å²) in [7, 11) is 2.27. The molecule has 0 spiro atoms. The van der Waals surface area contributed by atoms with Gasteiger partial charge in [-0.15, -0.1) is 6.58 Å². The van der Waals surface area contributed by atoms with E-state index in [0.717, 1.165) is 45.3 Å². The number of allylic oxidation sites excluding steroid dienone is 1. The molecule has 2 heterocycles. The van der Waals surface area contributed by atoms with Gasteiger partial charge in [0, 0.05) is 43.5 Å². The molecule has 6 atom stereocenters. The summed E-state index contributed by atoms with van der Waals surface area (Å²) in [5.74, 6) is 0. The van der Waals surface area contributed by atoms with Crippen molar-refractivity contribution >= 4 is 6.21 Å². The van der Waals surface area contributed by atoms with Gasteiger partial charge in [-0.05, 0) is 92.3 Å². The summed E-state index contributed by atoms with van der Waals surface area (Å²) < 4.78 is 0. The van der Waals surface area contributed by atoms with Gasteiger partial charge >= 0.3 is 0 Å². The van der Waals surface area contributed by atoms with E-state index in [1.54, 1.807) is 0 Å². The van der Waals surface area contributed by atoms with E-state index in [2.05, 4.69) is 92.3 Å². The highest BCUT2D eigenvalue weighted by atomic mass is 15.9. The number of likely N-dealkylation sites (N-methyl/N-ethyl adjacent to an activating group) is 1. The number of nitrogens with one attached hydrogen (secondary N) is 1. The standard InChI is InChI=1S/C27H49N5/c1-9-10-11-12-17-29-26(25-14-13-16-28-20-25)15-18-30(8)27(21(2)3)19-23(6)32-24(7)31(32)22(4)5/h9,14,20,22-24,26-27,29H,1-2,10-13,15-19H2,3-8H3. The predicted octanol–water partition coefficient (Wildman–Crippen LogP) is 5.03. The van der Waals surface area contributed by atoms with E-state index in [9.17, 15) is 0 Å². The molecule has 0 radical (unpaired) electrons. The Morgan fingerprint density at radius 2 is 2.06 bits per heavy atom. The van der Waals surface area contributed by atoms with Crippen molar-refractivity contribution in [3.63, 3.8) is 0 Å². The van der Waals surface area contributed by atoms with Crippen LogP contribution in [0.5, 0.6) is 0 Å². The van der Waals surface area contributed by atoms with E-state index < -0.39 is 0 Å². The number of nitrogens with zero attached hydrogens (tertiary/aromatic N) is 4. The summed E-state index contributed by atoms with van der Waals surface area (Å²) in [5, 5.41) is 8.83. The lowest BCUT2D eigenvalue weighted by Crippen LogP contribution is -2.41. The molecule has 32 heavy (non-hydrogen) atoms. The SMILES string of the molecule is C=CCCCCNC(CCN(C)C(CC(C)N1C(C)N1C(C)C)C(=C)C)C1=CCCN=C1. The normalized spacial score (nSPS) is 25.5. The zero-order valence-corrected chi connectivity index (χ0v) is 21.7. The Balaban J connectivity index is 1.92. The van der Waals surface area contributed by atoms with Gasteiger partial charge in [0.25, 0.3) is 0 Å². The first-order chi connectivity index (χ1) is 15.3. The Labute approximate surface area is 198 Å². The lowest BCUT2D eigenvalue weighted by atomic mass is 9.98. The van der Waals surface area contributed by atoms with Gasteiger partial charge in [0.05, 0.1) is 6.17 Å². The lowest BCUT2D eigenvalue weighted by molar-refractivity contribution is 0.168. The maximum absolute atomic E-state index is 4.54. The van der Waals surface area contributed by atoms with Crippen molar-refractivity contribution in [1.82, 2.24) is 20.2 Å². The molecule has 1 fully saturated rings. The predicted molar refractivity (Wildman–Crippen MR) is 140 cm³/mol. The van der Waals surface area contributed by atoms with Crippen LogP contribution in [-0.4, -0.2) is 78.1 Å². The maximum Gasteiger partial charge on any atom is 0.0872 e. The van der Waals surface area contributed by atoms with Crippen LogP contribution in [0.4, 0.5) is 0 Å². The third kappa shape index (κ3) is 7.95. The van der Waals surface area contributed by atoms with Crippen LogP contribution >= 0.6 is 0 Å². The van der Waals surface area contributed by atoms with Gasteiger partial charge < -0.3 is 5.32 Å². The fourth-order valence-corrected chi connectivity index (χ4v) is 5.11. The minimum atomic E-state index is 0.372. The van der Waals surface area contributed by atoms with E-state index in [4.69, 9.17) is 0 Å². The Morgan fingerprint density at radius 3 is 2.62 bits per heavy atom. The Hall–Kier alpha value is -1.27. The largest absolute Gasteiger partial charge is 0.310 e. The molecule has 0 aromatic carbocycles. The molecule has 0 aromatic rings. The van der Waals surface area contributed by atoms with Crippen molar-refractivity contribution in [2.45, 2.75) is 103 Å². The average molecular weight is 444 g/mol. The minimum absolute atomic E-state index is 0.372. The Bertz CT molecular complexity index is 652. The summed E-state index contributed by atoms with van der Waals surface area (Å²) in [6, 6.07) is 1.85. The molecular weight excluding hydrogens is 394 g/mol. The summed E-state index contributed by atoms with van der Waals surface area (Å²) in [5.41, 5.74) is 2.62. The summed E-state index contributed by atoms with van der Waals surface area (Å²) in [6.45, 7) is 22.6. The van der Waals surface area contributed by atoms with Crippen LogP contribution in [0.15, 0.2) is 41.4 Å². The third-order valence-corrected chi connectivity index (χ3v) is 6.90. The number of hydrogen-bond donors (Lipinski definition) is 1. The molecule has 0 amide bonds. The zero-order chi connectivity index (χ0) is 23.7. The molecule has 2 aliphatic rings. The molecule has 0 aromatic heterocycles. The number of hydrogen-bond acceptors (Lipinski definition) is 5. The first-order valence-electron chi connectivity index (χ1n) is 12.7. The van der Waals surface area contributed by atoms with E-state index >= 15 is 0 Å². The zero-order valence-electron chi connectivity index (χ0n) is 21.7. The fourth-order valence-electron chi connectivity index (χ4n) is 5.11. The number of rotatable bonds is 16. The van der Waals surface area contributed by atoms with E-state index in [1.807, 2.05) is 6.08 Å². The quantitative estimate of drug-likeness (QED) is 0.206. The van der Waals surface area contributed by atoms with E-state index in [1.165, 1.54) is 24.0 Å². The topological polar surface area (TPSA) is 33.6 Å². The van der Waals surface area contributed by atoms with Gasteiger partial charge in [0.1, 0.15) is 0 Å². The molecule has 2 rings (SSSR count). The van der Waals surface area contributed by atoms with Crippen LogP contribution in [0.25, 0.3) is 0 Å². The van der Waals surface area contributed by atoms with E-state index in [-0.39, 0.29) is 0 Å². The fraction of sp³-hybridized carbons (Fsp3) is 0.741. The van der Waals surface area contributed by atoms with Crippen molar-refractivity contribution in [1.29, 1.82) is 0 Å². The molecule has 6 unspecified atom stereocenters. The molecular formula is C27H49N5. The van der Waals surface area contributed by atoms with Gasteiger partial charge in [-0.2, -0.15) is 0 Å².